The lowest BCUT2D eigenvalue weighted by Crippen LogP contribution is -2.40. The van der Waals surface area contributed by atoms with Crippen molar-refractivity contribution in [2.45, 2.75) is 18.4 Å². The number of rotatable bonds is 7. The molecule has 0 aliphatic carbocycles. The molecule has 0 unspecified atom stereocenters. The Morgan fingerprint density at radius 3 is 2.72 bits per heavy atom. The van der Waals surface area contributed by atoms with Crippen molar-refractivity contribution < 1.29 is 14.1 Å². The van der Waals surface area contributed by atoms with Gasteiger partial charge in [-0.3, -0.25) is 4.79 Å². The highest BCUT2D eigenvalue weighted by atomic mass is 32.2. The minimum Gasteiger partial charge on any atom is -0.459 e. The molecule has 0 bridgehead atoms. The number of carbonyl (C=O) groups is 1. The van der Waals surface area contributed by atoms with E-state index < -0.39 is 0 Å². The Hall–Kier alpha value is -3.05. The van der Waals surface area contributed by atoms with Crippen LogP contribution in [0.4, 0.5) is 5.69 Å². The summed E-state index contributed by atoms with van der Waals surface area (Å²) in [6.45, 7) is 10.2. The van der Waals surface area contributed by atoms with Crippen LogP contribution in [0.5, 0.6) is 0 Å². The van der Waals surface area contributed by atoms with Crippen molar-refractivity contribution >= 4 is 41.6 Å². The van der Waals surface area contributed by atoms with E-state index in [4.69, 9.17) is 4.74 Å². The number of carbonyl (C=O) groups excluding carboxylic acids is 1. The molecule has 29 heavy (non-hydrogen) atoms. The minimum absolute atomic E-state index is 0.279. The van der Waals surface area contributed by atoms with E-state index in [0.717, 1.165) is 16.8 Å². The van der Waals surface area contributed by atoms with Crippen molar-refractivity contribution in [1.82, 2.24) is 0 Å². The van der Waals surface area contributed by atoms with Crippen LogP contribution in [0.3, 0.4) is 0 Å². The van der Waals surface area contributed by atoms with E-state index in [9.17, 15) is 4.79 Å². The molecule has 0 radical (unpaired) electrons. The summed E-state index contributed by atoms with van der Waals surface area (Å²) in [6.07, 6.45) is 11.9. The predicted octanol–water partition coefficient (Wildman–Crippen LogP) is 4.92. The zero-order valence-corrected chi connectivity index (χ0v) is 17.6. The fourth-order valence-electron chi connectivity index (χ4n) is 3.22. The molecule has 0 atom stereocenters. The number of hydrogen-bond acceptors (Lipinski definition) is 4. The Bertz CT molecular complexity index is 1010. The number of allylic oxidation sites excluding steroid dienone is 2. The van der Waals surface area contributed by atoms with Crippen LogP contribution in [-0.4, -0.2) is 19.6 Å². The molecule has 5 heteroatoms. The van der Waals surface area contributed by atoms with Crippen LogP contribution in [0.2, 0.25) is 0 Å². The number of hydrogen-bond donors (Lipinski definition) is 0. The van der Waals surface area contributed by atoms with Gasteiger partial charge in [0.2, 0.25) is 5.69 Å². The van der Waals surface area contributed by atoms with Gasteiger partial charge >= 0.3 is 5.97 Å². The zero-order valence-electron chi connectivity index (χ0n) is 16.8. The summed E-state index contributed by atoms with van der Waals surface area (Å²) in [6, 6.07) is 10.4. The summed E-state index contributed by atoms with van der Waals surface area (Å²) < 4.78 is 7.07. The van der Waals surface area contributed by atoms with Crippen molar-refractivity contribution in [1.29, 1.82) is 0 Å². The molecular formula is C24H25N2O2S+. The van der Waals surface area contributed by atoms with Crippen LogP contribution >= 0.6 is 11.8 Å². The molecule has 2 aromatic rings. The van der Waals surface area contributed by atoms with Gasteiger partial charge in [0.15, 0.2) is 19.3 Å². The first-order chi connectivity index (χ1) is 14.0. The number of fused-ring (bicyclic) bond motifs is 1. The van der Waals surface area contributed by atoms with Gasteiger partial charge < -0.3 is 9.64 Å². The molecule has 0 saturated carbocycles. The minimum atomic E-state index is -0.279. The van der Waals surface area contributed by atoms with E-state index in [1.54, 1.807) is 17.8 Å². The van der Waals surface area contributed by atoms with Gasteiger partial charge in [0.05, 0.1) is 16.3 Å². The number of benzene rings is 1. The first-order valence-electron chi connectivity index (χ1n) is 9.38. The number of aromatic nitrogens is 1. The fraction of sp³-hybridized carbons (Fsp3) is 0.167. The lowest BCUT2D eigenvalue weighted by molar-refractivity contribution is -0.699. The molecule has 0 spiro atoms. The summed E-state index contributed by atoms with van der Waals surface area (Å²) in [5, 5.41) is 1.18. The van der Waals surface area contributed by atoms with E-state index in [2.05, 4.69) is 67.6 Å². The molecular weight excluding hydrogens is 380 g/mol. The lowest BCUT2D eigenvalue weighted by Gasteiger charge is -2.12. The third-order valence-corrected chi connectivity index (χ3v) is 5.84. The summed E-state index contributed by atoms with van der Waals surface area (Å²) >= 11 is 1.76. The second-order valence-electron chi connectivity index (χ2n) is 6.50. The molecule has 1 aliphatic heterocycles. The van der Waals surface area contributed by atoms with Gasteiger partial charge in [-0.15, -0.1) is 0 Å². The fourth-order valence-corrected chi connectivity index (χ4v) is 4.28. The maximum absolute atomic E-state index is 11.0. The molecule has 3 rings (SSSR count). The molecule has 1 aromatic carbocycles. The number of esters is 1. The third kappa shape index (κ3) is 4.69. The second kappa shape index (κ2) is 9.43. The van der Waals surface area contributed by atoms with Crippen molar-refractivity contribution in [3.63, 3.8) is 0 Å². The molecule has 0 N–H and O–H groups in total. The largest absolute Gasteiger partial charge is 0.459 e. The van der Waals surface area contributed by atoms with E-state index in [1.807, 2.05) is 22.9 Å². The Balaban J connectivity index is 1.81. The molecule has 148 valence electrons. The molecule has 0 fully saturated rings. The molecule has 4 nitrogen and oxygen atoms in total. The molecule has 0 amide bonds. The van der Waals surface area contributed by atoms with Gasteiger partial charge in [0, 0.05) is 31.0 Å². The number of pyridine rings is 1. The highest BCUT2D eigenvalue weighted by molar-refractivity contribution is 8.03. The third-order valence-electron chi connectivity index (χ3n) is 4.65. The number of para-hydroxylation sites is 1. The normalized spacial score (nSPS) is 14.3. The summed E-state index contributed by atoms with van der Waals surface area (Å²) in [5.74, 6) is -0.279. The van der Waals surface area contributed by atoms with Crippen LogP contribution in [0, 0.1) is 0 Å². The zero-order chi connectivity index (χ0) is 20.8. The van der Waals surface area contributed by atoms with Gasteiger partial charge in [0.25, 0.3) is 0 Å². The SMILES string of the molecule is C=Cc1c(C=CC=C2Sc3ccccc3N2C)cc[n+](CCOC(C)=O)c1C=C. The van der Waals surface area contributed by atoms with Crippen molar-refractivity contribution in [3.05, 3.63) is 83.7 Å². The highest BCUT2D eigenvalue weighted by Crippen LogP contribution is 2.44. The number of thioether (sulfide) groups is 1. The van der Waals surface area contributed by atoms with E-state index >= 15 is 0 Å². The van der Waals surface area contributed by atoms with Crippen molar-refractivity contribution in [3.8, 4) is 0 Å². The second-order valence-corrected chi connectivity index (χ2v) is 7.57. The van der Waals surface area contributed by atoms with Crippen LogP contribution < -0.4 is 9.47 Å². The van der Waals surface area contributed by atoms with Gasteiger partial charge in [-0.05, 0) is 23.8 Å². The lowest BCUT2D eigenvalue weighted by atomic mass is 10.0. The Labute approximate surface area is 176 Å². The molecule has 1 aromatic heterocycles. The Morgan fingerprint density at radius 1 is 1.24 bits per heavy atom. The van der Waals surface area contributed by atoms with Gasteiger partial charge in [0.1, 0.15) is 0 Å². The van der Waals surface area contributed by atoms with Gasteiger partial charge in [-0.2, -0.15) is 4.57 Å². The molecule has 0 saturated heterocycles. The average molecular weight is 406 g/mol. The number of anilines is 1. The summed E-state index contributed by atoms with van der Waals surface area (Å²) in [5.41, 5.74) is 4.22. The quantitative estimate of drug-likeness (QED) is 0.484. The molecule has 2 heterocycles. The van der Waals surface area contributed by atoms with Crippen LogP contribution in [0.25, 0.3) is 18.2 Å². The first kappa shape index (κ1) is 20.7. The summed E-state index contributed by atoms with van der Waals surface area (Å²) in [7, 11) is 2.08. The smallest absolute Gasteiger partial charge is 0.302 e. The molecule has 1 aliphatic rings. The highest BCUT2D eigenvalue weighted by Gasteiger charge is 2.20. The van der Waals surface area contributed by atoms with E-state index in [-0.39, 0.29) is 5.97 Å². The maximum atomic E-state index is 11.0. The topological polar surface area (TPSA) is 33.4 Å². The predicted molar refractivity (Wildman–Crippen MR) is 121 cm³/mol. The Morgan fingerprint density at radius 2 is 2.03 bits per heavy atom. The summed E-state index contributed by atoms with van der Waals surface area (Å²) in [4.78, 5) is 14.5. The van der Waals surface area contributed by atoms with Crippen LogP contribution in [0.15, 0.2) is 71.8 Å². The van der Waals surface area contributed by atoms with Gasteiger partial charge in [-0.1, -0.05) is 55.3 Å². The number of ether oxygens (including phenoxy) is 1. The first-order valence-corrected chi connectivity index (χ1v) is 10.2. The van der Waals surface area contributed by atoms with Crippen LogP contribution in [-0.2, 0) is 16.1 Å². The van der Waals surface area contributed by atoms with E-state index in [0.29, 0.717) is 13.2 Å². The Kier molecular flexibility index (Phi) is 6.73. The van der Waals surface area contributed by atoms with Crippen molar-refractivity contribution in [2.75, 3.05) is 18.6 Å². The van der Waals surface area contributed by atoms with E-state index in [1.165, 1.54) is 22.5 Å². The average Bonchev–Trinajstić information content (AvgIpc) is 3.04. The van der Waals surface area contributed by atoms with Gasteiger partial charge in [-0.25, -0.2) is 0 Å². The van der Waals surface area contributed by atoms with Crippen LogP contribution in [0.1, 0.15) is 23.7 Å². The maximum Gasteiger partial charge on any atom is 0.302 e. The number of nitrogens with zero attached hydrogens (tertiary/aromatic N) is 2. The van der Waals surface area contributed by atoms with Crippen molar-refractivity contribution in [2.24, 2.45) is 0 Å². The standard InChI is InChI=1S/C24H25N2O2S/c1-5-20-19(14-15-26(21(20)6-2)16-17-28-18(3)27)10-9-13-24-25(4)22-11-7-8-12-23(22)29-24/h5-15H,1-2,16-17H2,3-4H3/q+1. The monoisotopic (exact) mass is 405 g/mol.